The molecule has 0 spiro atoms. The van der Waals surface area contributed by atoms with Gasteiger partial charge in [-0.15, -0.1) is 0 Å². The average molecular weight is 358 g/mol. The molecule has 2 rings (SSSR count). The smallest absolute Gasteiger partial charge is 0.340 e. The summed E-state index contributed by atoms with van der Waals surface area (Å²) in [5.41, 5.74) is 0.435. The molecule has 0 saturated heterocycles. The first-order valence-corrected chi connectivity index (χ1v) is 8.02. The molecule has 0 aliphatic carbocycles. The number of amides is 2. The fraction of sp³-hybridized carbons (Fsp3) is 0.211. The lowest BCUT2D eigenvalue weighted by atomic mass is 10.1. The van der Waals surface area contributed by atoms with Gasteiger partial charge >= 0.3 is 5.97 Å². The summed E-state index contributed by atoms with van der Waals surface area (Å²) in [4.78, 5) is 37.6. The molecule has 0 unspecified atom stereocenters. The topological polar surface area (TPSA) is 75.7 Å². The van der Waals surface area contributed by atoms with E-state index in [0.717, 1.165) is 4.90 Å². The van der Waals surface area contributed by atoms with Crippen molar-refractivity contribution in [3.8, 4) is 0 Å². The number of halogens is 1. The van der Waals surface area contributed by atoms with Gasteiger partial charge in [0.2, 0.25) is 11.8 Å². The first-order valence-electron chi connectivity index (χ1n) is 8.02. The fourth-order valence-electron chi connectivity index (χ4n) is 2.35. The Hall–Kier alpha value is -3.22. The summed E-state index contributed by atoms with van der Waals surface area (Å²) in [5, 5.41) is 2.42. The van der Waals surface area contributed by atoms with Crippen LogP contribution in [0, 0.1) is 5.82 Å². The molecule has 2 amide bonds. The quantitative estimate of drug-likeness (QED) is 0.806. The zero-order valence-corrected chi connectivity index (χ0v) is 14.5. The monoisotopic (exact) mass is 358 g/mol. The third-order valence-corrected chi connectivity index (χ3v) is 3.52. The average Bonchev–Trinajstić information content (AvgIpc) is 2.61. The van der Waals surface area contributed by atoms with Gasteiger partial charge < -0.3 is 15.0 Å². The molecule has 136 valence electrons. The minimum atomic E-state index is -0.594. The normalized spacial score (nSPS) is 10.1. The maximum atomic E-state index is 13.7. The van der Waals surface area contributed by atoms with Crippen LogP contribution in [0.3, 0.4) is 0 Å². The van der Waals surface area contributed by atoms with E-state index in [1.807, 2.05) is 0 Å². The molecule has 2 aromatic rings. The van der Waals surface area contributed by atoms with Crippen LogP contribution in [-0.2, 0) is 14.3 Å². The van der Waals surface area contributed by atoms with Crippen LogP contribution in [0.5, 0.6) is 0 Å². The summed E-state index contributed by atoms with van der Waals surface area (Å²) in [6.45, 7) is 2.75. The van der Waals surface area contributed by atoms with Gasteiger partial charge in [-0.3, -0.25) is 9.59 Å². The third kappa shape index (κ3) is 4.66. The van der Waals surface area contributed by atoms with Crippen molar-refractivity contribution < 1.29 is 23.5 Å². The van der Waals surface area contributed by atoms with E-state index >= 15 is 0 Å². The first kappa shape index (κ1) is 19.1. The van der Waals surface area contributed by atoms with Gasteiger partial charge in [0.05, 0.1) is 23.5 Å². The van der Waals surface area contributed by atoms with Crippen molar-refractivity contribution in [2.24, 2.45) is 0 Å². The van der Waals surface area contributed by atoms with Crippen LogP contribution < -0.4 is 10.2 Å². The van der Waals surface area contributed by atoms with Gasteiger partial charge in [-0.1, -0.05) is 24.3 Å². The van der Waals surface area contributed by atoms with E-state index in [2.05, 4.69) is 5.32 Å². The van der Waals surface area contributed by atoms with Gasteiger partial charge in [0, 0.05) is 6.92 Å². The molecule has 0 saturated carbocycles. The van der Waals surface area contributed by atoms with E-state index in [1.165, 1.54) is 31.2 Å². The Balaban J connectivity index is 2.25. The number of hydrogen-bond acceptors (Lipinski definition) is 4. The molecule has 1 N–H and O–H groups in total. The summed E-state index contributed by atoms with van der Waals surface area (Å²) < 4.78 is 18.7. The van der Waals surface area contributed by atoms with Gasteiger partial charge in [0.25, 0.3) is 0 Å². The third-order valence-electron chi connectivity index (χ3n) is 3.52. The molecule has 6 nitrogen and oxygen atoms in total. The molecule has 0 bridgehead atoms. The second-order valence-corrected chi connectivity index (χ2v) is 5.37. The zero-order chi connectivity index (χ0) is 19.1. The lowest BCUT2D eigenvalue weighted by molar-refractivity contribution is -0.120. The Kier molecular flexibility index (Phi) is 6.43. The molecule has 0 fully saturated rings. The highest BCUT2D eigenvalue weighted by Gasteiger charge is 2.22. The van der Waals surface area contributed by atoms with Gasteiger partial charge in [0.15, 0.2) is 0 Å². The predicted octanol–water partition coefficient (Wildman–Crippen LogP) is 2.99. The van der Waals surface area contributed by atoms with Gasteiger partial charge in [-0.25, -0.2) is 9.18 Å². The number of anilines is 2. The van der Waals surface area contributed by atoms with E-state index in [9.17, 15) is 18.8 Å². The number of nitrogens with zero attached hydrogens (tertiary/aromatic N) is 1. The number of rotatable bonds is 6. The van der Waals surface area contributed by atoms with Crippen molar-refractivity contribution in [2.75, 3.05) is 23.4 Å². The van der Waals surface area contributed by atoms with Crippen molar-refractivity contribution in [1.29, 1.82) is 0 Å². The molecule has 7 heteroatoms. The number of esters is 1. The molecular formula is C19H19FN2O4. The van der Waals surface area contributed by atoms with E-state index in [-0.39, 0.29) is 30.1 Å². The second kappa shape index (κ2) is 8.75. The summed E-state index contributed by atoms with van der Waals surface area (Å²) in [6.07, 6.45) is 0. The largest absolute Gasteiger partial charge is 0.462 e. The van der Waals surface area contributed by atoms with Crippen LogP contribution in [0.15, 0.2) is 48.5 Å². The molecule has 0 atom stereocenters. The SMILES string of the molecule is CCOC(=O)c1ccccc1N(CC(=O)Nc1ccccc1F)C(C)=O. The predicted molar refractivity (Wildman–Crippen MR) is 95.5 cm³/mol. The van der Waals surface area contributed by atoms with E-state index < -0.39 is 23.6 Å². The standard InChI is InChI=1S/C19H19FN2O4/c1-3-26-19(25)14-8-4-7-11-17(14)22(13(2)23)12-18(24)21-16-10-6-5-9-15(16)20/h4-11H,3,12H2,1-2H3,(H,21,24). The van der Waals surface area contributed by atoms with Crippen LogP contribution in [0.1, 0.15) is 24.2 Å². The first-order chi connectivity index (χ1) is 12.4. The minimum absolute atomic E-state index is 0.0136. The molecule has 2 aromatic carbocycles. The van der Waals surface area contributed by atoms with Crippen LogP contribution in [-0.4, -0.2) is 30.9 Å². The summed E-state index contributed by atoms with van der Waals surface area (Å²) in [6, 6.07) is 12.0. The van der Waals surface area contributed by atoms with E-state index in [0.29, 0.717) is 0 Å². The number of para-hydroxylation sites is 2. The fourth-order valence-corrected chi connectivity index (χ4v) is 2.35. The van der Waals surface area contributed by atoms with Crippen molar-refractivity contribution in [1.82, 2.24) is 0 Å². The lowest BCUT2D eigenvalue weighted by Gasteiger charge is -2.23. The molecule has 0 aliphatic rings. The van der Waals surface area contributed by atoms with Crippen LogP contribution in [0.4, 0.5) is 15.8 Å². The Morgan fingerprint density at radius 3 is 2.38 bits per heavy atom. The number of carbonyl (C=O) groups is 3. The molecule has 0 aliphatic heterocycles. The number of benzene rings is 2. The molecule has 0 radical (unpaired) electrons. The molecule has 0 aromatic heterocycles. The Morgan fingerprint density at radius 1 is 1.08 bits per heavy atom. The van der Waals surface area contributed by atoms with Gasteiger partial charge in [0.1, 0.15) is 12.4 Å². The highest BCUT2D eigenvalue weighted by Crippen LogP contribution is 2.22. The van der Waals surface area contributed by atoms with Crippen molar-refractivity contribution in [3.63, 3.8) is 0 Å². The Labute approximate surface area is 150 Å². The van der Waals surface area contributed by atoms with Crippen molar-refractivity contribution in [2.45, 2.75) is 13.8 Å². The Bertz CT molecular complexity index is 823. The van der Waals surface area contributed by atoms with Gasteiger partial charge in [-0.05, 0) is 31.2 Å². The maximum Gasteiger partial charge on any atom is 0.340 e. The van der Waals surface area contributed by atoms with Crippen LogP contribution in [0.2, 0.25) is 0 Å². The maximum absolute atomic E-state index is 13.7. The highest BCUT2D eigenvalue weighted by atomic mass is 19.1. The van der Waals surface area contributed by atoms with E-state index in [1.54, 1.807) is 31.2 Å². The number of hydrogen-bond donors (Lipinski definition) is 1. The van der Waals surface area contributed by atoms with Crippen LogP contribution in [0.25, 0.3) is 0 Å². The number of nitrogens with one attached hydrogen (secondary N) is 1. The molecule has 0 heterocycles. The van der Waals surface area contributed by atoms with E-state index in [4.69, 9.17) is 4.74 Å². The number of ether oxygens (including phenoxy) is 1. The second-order valence-electron chi connectivity index (χ2n) is 5.37. The zero-order valence-electron chi connectivity index (χ0n) is 14.5. The van der Waals surface area contributed by atoms with Crippen molar-refractivity contribution >= 4 is 29.2 Å². The van der Waals surface area contributed by atoms with Crippen LogP contribution >= 0.6 is 0 Å². The van der Waals surface area contributed by atoms with Crippen molar-refractivity contribution in [3.05, 3.63) is 59.9 Å². The summed E-state index contributed by atoms with van der Waals surface area (Å²) >= 11 is 0. The lowest BCUT2D eigenvalue weighted by Crippen LogP contribution is -2.37. The number of carbonyl (C=O) groups excluding carboxylic acids is 3. The Morgan fingerprint density at radius 2 is 1.73 bits per heavy atom. The van der Waals surface area contributed by atoms with Gasteiger partial charge in [-0.2, -0.15) is 0 Å². The molecule has 26 heavy (non-hydrogen) atoms. The summed E-state index contributed by atoms with van der Waals surface area (Å²) in [7, 11) is 0. The molecular weight excluding hydrogens is 339 g/mol. The summed E-state index contributed by atoms with van der Waals surface area (Å²) in [5.74, 6) is -2.21. The highest BCUT2D eigenvalue weighted by molar-refractivity contribution is 6.06. The minimum Gasteiger partial charge on any atom is -0.462 e.